The van der Waals surface area contributed by atoms with Crippen LogP contribution in [0.4, 0.5) is 0 Å². The zero-order valence-electron chi connectivity index (χ0n) is 14.6. The lowest BCUT2D eigenvalue weighted by Gasteiger charge is -2.37. The molecule has 4 heteroatoms. The van der Waals surface area contributed by atoms with E-state index >= 15 is 0 Å². The van der Waals surface area contributed by atoms with E-state index in [4.69, 9.17) is 0 Å². The molecule has 0 aromatic carbocycles. The number of rotatable bonds is 2. The van der Waals surface area contributed by atoms with Gasteiger partial charge in [0.1, 0.15) is 0 Å². The van der Waals surface area contributed by atoms with E-state index in [2.05, 4.69) is 46.9 Å². The Morgan fingerprint density at radius 3 is 2.09 bits per heavy atom. The molecule has 1 saturated carbocycles. The van der Waals surface area contributed by atoms with Crippen LogP contribution in [0.25, 0.3) is 0 Å². The molecule has 1 aromatic rings. The van der Waals surface area contributed by atoms with Gasteiger partial charge >= 0.3 is 0 Å². The molecule has 3 rings (SSSR count). The van der Waals surface area contributed by atoms with Crippen LogP contribution in [0.5, 0.6) is 0 Å². The highest BCUT2D eigenvalue weighted by molar-refractivity contribution is 5.07. The first-order valence-corrected chi connectivity index (χ1v) is 9.20. The zero-order chi connectivity index (χ0) is 15.6. The van der Waals surface area contributed by atoms with Crippen LogP contribution in [0.2, 0.25) is 0 Å². The normalized spacial score (nSPS) is 23.6. The summed E-state index contributed by atoms with van der Waals surface area (Å²) < 4.78 is 2.13. The summed E-state index contributed by atoms with van der Waals surface area (Å²) in [4.78, 5) is 2.75. The van der Waals surface area contributed by atoms with Crippen LogP contribution >= 0.6 is 0 Å². The summed E-state index contributed by atoms with van der Waals surface area (Å²) in [5.74, 6) is 0. The van der Waals surface area contributed by atoms with Gasteiger partial charge in [-0.05, 0) is 25.7 Å². The van der Waals surface area contributed by atoms with Crippen LogP contribution in [0.15, 0.2) is 6.20 Å². The van der Waals surface area contributed by atoms with Gasteiger partial charge in [0.05, 0.1) is 11.7 Å². The van der Waals surface area contributed by atoms with Crippen molar-refractivity contribution in [3.8, 4) is 0 Å². The van der Waals surface area contributed by atoms with Gasteiger partial charge in [-0.25, -0.2) is 4.68 Å². The van der Waals surface area contributed by atoms with E-state index in [1.807, 2.05) is 0 Å². The third-order valence-electron chi connectivity index (χ3n) is 5.49. The minimum atomic E-state index is 0.0965. The van der Waals surface area contributed by atoms with E-state index in [9.17, 15) is 0 Å². The molecule has 2 aliphatic rings. The van der Waals surface area contributed by atoms with Crippen LogP contribution in [-0.4, -0.2) is 39.0 Å². The Labute approximate surface area is 135 Å². The summed E-state index contributed by atoms with van der Waals surface area (Å²) in [5.41, 5.74) is 1.21. The zero-order valence-corrected chi connectivity index (χ0v) is 14.6. The number of aromatic nitrogens is 3. The van der Waals surface area contributed by atoms with Crippen molar-refractivity contribution in [2.45, 2.75) is 89.6 Å². The molecule has 0 atom stereocenters. The van der Waals surface area contributed by atoms with Gasteiger partial charge in [0.2, 0.25) is 0 Å². The predicted octanol–water partition coefficient (Wildman–Crippen LogP) is 3.94. The minimum Gasteiger partial charge on any atom is -0.300 e. The van der Waals surface area contributed by atoms with Crippen molar-refractivity contribution in [2.75, 3.05) is 13.1 Å². The van der Waals surface area contributed by atoms with Gasteiger partial charge in [0, 0.05) is 30.7 Å². The second-order valence-electron chi connectivity index (χ2n) is 8.25. The fourth-order valence-electron chi connectivity index (χ4n) is 3.94. The van der Waals surface area contributed by atoms with E-state index in [1.54, 1.807) is 0 Å². The highest BCUT2D eigenvalue weighted by Crippen LogP contribution is 2.29. The van der Waals surface area contributed by atoms with Crippen molar-refractivity contribution in [1.29, 1.82) is 0 Å². The average molecular weight is 304 g/mol. The highest BCUT2D eigenvalue weighted by atomic mass is 15.4. The molecule has 22 heavy (non-hydrogen) atoms. The molecule has 2 heterocycles. The van der Waals surface area contributed by atoms with Crippen molar-refractivity contribution in [3.05, 3.63) is 11.9 Å². The summed E-state index contributed by atoms with van der Waals surface area (Å²) >= 11 is 0. The maximum absolute atomic E-state index is 4.41. The molecule has 4 nitrogen and oxygen atoms in total. The molecule has 1 aliphatic heterocycles. The van der Waals surface area contributed by atoms with E-state index in [1.165, 1.54) is 64.5 Å². The lowest BCUT2D eigenvalue weighted by atomic mass is 9.93. The number of hydrogen-bond acceptors (Lipinski definition) is 3. The Morgan fingerprint density at radius 1 is 0.909 bits per heavy atom. The molecule has 1 aromatic heterocycles. The van der Waals surface area contributed by atoms with Gasteiger partial charge in [-0.3, -0.25) is 0 Å². The van der Waals surface area contributed by atoms with Crippen molar-refractivity contribution in [2.24, 2.45) is 0 Å². The van der Waals surface area contributed by atoms with Crippen molar-refractivity contribution >= 4 is 0 Å². The molecule has 0 unspecified atom stereocenters. The number of piperidine rings is 1. The lowest BCUT2D eigenvalue weighted by Crippen LogP contribution is -2.41. The molecule has 0 bridgehead atoms. The molecule has 0 N–H and O–H groups in total. The first-order valence-electron chi connectivity index (χ1n) is 9.20. The molecule has 0 radical (unpaired) electrons. The van der Waals surface area contributed by atoms with E-state index in [0.717, 1.165) is 11.7 Å². The predicted molar refractivity (Wildman–Crippen MR) is 90.1 cm³/mol. The standard InChI is InChI=1S/C18H32N4/c1-18(2,3)17-14-22(20-19-17)16-10-12-21(13-11-16)15-8-6-4-5-7-9-15/h14-16H,4-13H2,1-3H3. The van der Waals surface area contributed by atoms with Crippen molar-refractivity contribution in [3.63, 3.8) is 0 Å². The maximum atomic E-state index is 4.41. The summed E-state index contributed by atoms with van der Waals surface area (Å²) in [7, 11) is 0. The van der Waals surface area contributed by atoms with Gasteiger partial charge in [0.15, 0.2) is 0 Å². The van der Waals surface area contributed by atoms with Gasteiger partial charge in [0.25, 0.3) is 0 Å². The fourth-order valence-corrected chi connectivity index (χ4v) is 3.94. The van der Waals surface area contributed by atoms with Crippen LogP contribution in [0, 0.1) is 0 Å². The summed E-state index contributed by atoms with van der Waals surface area (Å²) in [6.45, 7) is 9.09. The van der Waals surface area contributed by atoms with Crippen LogP contribution < -0.4 is 0 Å². The van der Waals surface area contributed by atoms with Crippen molar-refractivity contribution in [1.82, 2.24) is 19.9 Å². The molecule has 0 spiro atoms. The third kappa shape index (κ3) is 3.70. The first kappa shape index (κ1) is 16.0. The fraction of sp³-hybridized carbons (Fsp3) is 0.889. The summed E-state index contributed by atoms with van der Waals surface area (Å²) in [6.07, 6.45) is 13.2. The lowest BCUT2D eigenvalue weighted by molar-refractivity contribution is 0.119. The summed E-state index contributed by atoms with van der Waals surface area (Å²) in [6, 6.07) is 1.40. The van der Waals surface area contributed by atoms with Crippen LogP contribution in [0.1, 0.15) is 83.9 Å². The highest BCUT2D eigenvalue weighted by Gasteiger charge is 2.27. The second-order valence-corrected chi connectivity index (χ2v) is 8.25. The van der Waals surface area contributed by atoms with Crippen LogP contribution in [-0.2, 0) is 5.41 Å². The van der Waals surface area contributed by atoms with Gasteiger partial charge in [-0.15, -0.1) is 5.10 Å². The third-order valence-corrected chi connectivity index (χ3v) is 5.49. The van der Waals surface area contributed by atoms with Crippen molar-refractivity contribution < 1.29 is 0 Å². The quantitative estimate of drug-likeness (QED) is 0.776. The molecule has 124 valence electrons. The van der Waals surface area contributed by atoms with Gasteiger partial charge in [-0.2, -0.15) is 0 Å². The number of likely N-dealkylation sites (tertiary alicyclic amines) is 1. The largest absolute Gasteiger partial charge is 0.300 e. The molecular weight excluding hydrogens is 272 g/mol. The average Bonchev–Trinajstić information content (AvgIpc) is 2.84. The molecular formula is C18H32N4. The van der Waals surface area contributed by atoms with E-state index in [-0.39, 0.29) is 5.41 Å². The Balaban J connectivity index is 1.56. The Kier molecular flexibility index (Phi) is 4.86. The minimum absolute atomic E-state index is 0.0965. The van der Waals surface area contributed by atoms with Gasteiger partial charge < -0.3 is 4.90 Å². The second kappa shape index (κ2) is 6.69. The van der Waals surface area contributed by atoms with Crippen LogP contribution in [0.3, 0.4) is 0 Å². The van der Waals surface area contributed by atoms with E-state index < -0.39 is 0 Å². The molecule has 1 aliphatic carbocycles. The van der Waals surface area contributed by atoms with E-state index in [0.29, 0.717) is 6.04 Å². The Morgan fingerprint density at radius 2 is 1.55 bits per heavy atom. The SMILES string of the molecule is CC(C)(C)c1cn(C2CCN(C3CCCCCC3)CC2)nn1. The Hall–Kier alpha value is -0.900. The monoisotopic (exact) mass is 304 g/mol. The Bertz CT molecular complexity index is 458. The molecule has 0 amide bonds. The summed E-state index contributed by atoms with van der Waals surface area (Å²) in [5, 5.41) is 8.79. The topological polar surface area (TPSA) is 34.0 Å². The van der Waals surface area contributed by atoms with Gasteiger partial charge in [-0.1, -0.05) is 51.7 Å². The number of hydrogen-bond donors (Lipinski definition) is 0. The smallest absolute Gasteiger partial charge is 0.0880 e. The number of nitrogens with zero attached hydrogens (tertiary/aromatic N) is 4. The maximum Gasteiger partial charge on any atom is 0.0880 e. The first-order chi connectivity index (χ1) is 10.5. The molecule has 2 fully saturated rings. The molecule has 1 saturated heterocycles.